The van der Waals surface area contributed by atoms with Gasteiger partial charge in [0.05, 0.1) is 6.61 Å². The number of unbranched alkanes of at least 4 members (excludes halogenated alkanes) is 2. The van der Waals surface area contributed by atoms with Crippen molar-refractivity contribution >= 4 is 18.5 Å². The summed E-state index contributed by atoms with van der Waals surface area (Å²) in [7, 11) is -0.460. The fraction of sp³-hybridized carbons (Fsp3) is 0.357. The Hall–Kier alpha value is -2.11. The van der Waals surface area contributed by atoms with E-state index in [1.165, 1.54) is 45.7 Å². The largest absolute Gasteiger partial charge is 0.493 e. The van der Waals surface area contributed by atoms with Crippen LogP contribution in [0.15, 0.2) is 66.7 Å². The first-order chi connectivity index (χ1) is 14.7. The van der Waals surface area contributed by atoms with Crippen LogP contribution in [-0.2, 0) is 12.6 Å². The van der Waals surface area contributed by atoms with E-state index in [4.69, 9.17) is 4.74 Å². The highest BCUT2D eigenvalue weighted by molar-refractivity contribution is 7.72. The van der Waals surface area contributed by atoms with Crippen molar-refractivity contribution < 1.29 is 4.74 Å². The van der Waals surface area contributed by atoms with Crippen LogP contribution in [0.1, 0.15) is 55.4 Å². The van der Waals surface area contributed by atoms with Crippen molar-refractivity contribution in [1.82, 2.24) is 0 Å². The summed E-state index contributed by atoms with van der Waals surface area (Å²) in [5.41, 5.74) is 5.53. The number of hydrogen-bond donors (Lipinski definition) is 0. The van der Waals surface area contributed by atoms with Crippen LogP contribution in [0.5, 0.6) is 5.75 Å². The zero-order chi connectivity index (χ0) is 21.3. The highest BCUT2D eigenvalue weighted by Gasteiger charge is 2.20. The fourth-order valence-electron chi connectivity index (χ4n) is 4.03. The van der Waals surface area contributed by atoms with E-state index in [-0.39, 0.29) is 0 Å². The molecule has 0 bridgehead atoms. The fourth-order valence-corrected chi connectivity index (χ4v) is 6.56. The molecule has 0 N–H and O–H groups in total. The van der Waals surface area contributed by atoms with Crippen LogP contribution in [0, 0.1) is 13.8 Å². The molecule has 0 saturated heterocycles. The Labute approximate surface area is 184 Å². The molecule has 0 unspecified atom stereocenters. The Kier molecular flexibility index (Phi) is 8.52. The summed E-state index contributed by atoms with van der Waals surface area (Å²) < 4.78 is 6.36. The monoisotopic (exact) mass is 418 g/mol. The van der Waals surface area contributed by atoms with Crippen LogP contribution in [0.25, 0.3) is 0 Å². The molecule has 0 amide bonds. The van der Waals surface area contributed by atoms with E-state index in [2.05, 4.69) is 94.4 Å². The Morgan fingerprint density at radius 1 is 0.800 bits per heavy atom. The van der Waals surface area contributed by atoms with Gasteiger partial charge in [-0.3, -0.25) is 0 Å². The molecule has 0 aliphatic rings. The molecule has 0 aromatic heterocycles. The van der Waals surface area contributed by atoms with Gasteiger partial charge in [-0.25, -0.2) is 0 Å². The van der Waals surface area contributed by atoms with Gasteiger partial charge in [-0.15, -0.1) is 0 Å². The number of rotatable bonds is 10. The van der Waals surface area contributed by atoms with Crippen molar-refractivity contribution in [3.05, 3.63) is 89.0 Å². The second kappa shape index (κ2) is 11.3. The van der Waals surface area contributed by atoms with Gasteiger partial charge in [0.25, 0.3) is 0 Å². The summed E-state index contributed by atoms with van der Waals surface area (Å²) in [6.45, 7) is 9.82. The molecule has 0 aliphatic heterocycles. The molecule has 30 heavy (non-hydrogen) atoms. The van der Waals surface area contributed by atoms with E-state index in [1.54, 1.807) is 0 Å². The van der Waals surface area contributed by atoms with E-state index in [9.17, 15) is 0 Å². The summed E-state index contributed by atoms with van der Waals surface area (Å²) in [4.78, 5) is 0. The van der Waals surface area contributed by atoms with Gasteiger partial charge in [0, 0.05) is 6.16 Å². The highest BCUT2D eigenvalue weighted by Crippen LogP contribution is 2.42. The van der Waals surface area contributed by atoms with Gasteiger partial charge >= 0.3 is 0 Å². The zero-order valence-corrected chi connectivity index (χ0v) is 19.8. The van der Waals surface area contributed by atoms with Crippen molar-refractivity contribution in [2.45, 2.75) is 59.5 Å². The SMILES string of the molecule is CCCCCOc1c(CC)cc(C)c(CP(c2ccccc2)c2ccccc2)c1C. The molecule has 3 rings (SSSR count). The number of benzene rings is 3. The first-order valence-electron chi connectivity index (χ1n) is 11.3. The first kappa shape index (κ1) is 22.6. The molecule has 0 spiro atoms. The molecule has 3 aromatic rings. The van der Waals surface area contributed by atoms with E-state index in [0.29, 0.717) is 0 Å². The molecule has 0 aliphatic carbocycles. The Morgan fingerprint density at radius 2 is 1.40 bits per heavy atom. The molecule has 0 heterocycles. The molecular weight excluding hydrogens is 383 g/mol. The minimum Gasteiger partial charge on any atom is -0.493 e. The van der Waals surface area contributed by atoms with Crippen LogP contribution in [0.4, 0.5) is 0 Å². The molecule has 2 heteroatoms. The van der Waals surface area contributed by atoms with Crippen molar-refractivity contribution in [1.29, 1.82) is 0 Å². The number of aryl methyl sites for hydroxylation is 2. The van der Waals surface area contributed by atoms with Gasteiger partial charge < -0.3 is 4.74 Å². The van der Waals surface area contributed by atoms with Gasteiger partial charge in [0.15, 0.2) is 0 Å². The lowest BCUT2D eigenvalue weighted by molar-refractivity contribution is 0.301. The summed E-state index contributed by atoms with van der Waals surface area (Å²) in [6.07, 6.45) is 5.64. The van der Waals surface area contributed by atoms with Crippen LogP contribution >= 0.6 is 7.92 Å². The second-order valence-electron chi connectivity index (χ2n) is 7.95. The highest BCUT2D eigenvalue weighted by atomic mass is 31.1. The first-order valence-corrected chi connectivity index (χ1v) is 12.8. The predicted molar refractivity (Wildman–Crippen MR) is 133 cm³/mol. The van der Waals surface area contributed by atoms with Crippen LogP contribution in [0.2, 0.25) is 0 Å². The smallest absolute Gasteiger partial charge is 0.125 e. The average Bonchev–Trinajstić information content (AvgIpc) is 2.79. The zero-order valence-electron chi connectivity index (χ0n) is 18.9. The maximum absolute atomic E-state index is 6.36. The van der Waals surface area contributed by atoms with Gasteiger partial charge in [-0.2, -0.15) is 0 Å². The van der Waals surface area contributed by atoms with Gasteiger partial charge in [0.2, 0.25) is 0 Å². The Balaban J connectivity index is 1.98. The van der Waals surface area contributed by atoms with Crippen molar-refractivity contribution in [2.24, 2.45) is 0 Å². The molecule has 0 atom stereocenters. The van der Waals surface area contributed by atoms with Crippen molar-refractivity contribution in [3.63, 3.8) is 0 Å². The lowest BCUT2D eigenvalue weighted by atomic mass is 9.97. The predicted octanol–water partition coefficient (Wildman–Crippen LogP) is 7.07. The van der Waals surface area contributed by atoms with E-state index in [0.717, 1.165) is 31.4 Å². The Morgan fingerprint density at radius 3 is 1.93 bits per heavy atom. The summed E-state index contributed by atoms with van der Waals surface area (Å²) in [5, 5.41) is 2.87. The van der Waals surface area contributed by atoms with E-state index >= 15 is 0 Å². The summed E-state index contributed by atoms with van der Waals surface area (Å²) >= 11 is 0. The maximum atomic E-state index is 6.36. The topological polar surface area (TPSA) is 9.23 Å². The normalized spacial score (nSPS) is 11.1. The van der Waals surface area contributed by atoms with Crippen molar-refractivity contribution in [3.8, 4) is 5.75 Å². The third-order valence-corrected chi connectivity index (χ3v) is 8.25. The van der Waals surface area contributed by atoms with Crippen LogP contribution < -0.4 is 15.3 Å². The third-order valence-electron chi connectivity index (χ3n) is 5.78. The number of ether oxygens (including phenoxy) is 1. The lowest BCUT2D eigenvalue weighted by Gasteiger charge is -2.24. The van der Waals surface area contributed by atoms with Crippen LogP contribution in [0.3, 0.4) is 0 Å². The van der Waals surface area contributed by atoms with E-state index in [1.807, 2.05) is 0 Å². The summed E-state index contributed by atoms with van der Waals surface area (Å²) in [6, 6.07) is 24.4. The van der Waals surface area contributed by atoms with Gasteiger partial charge in [0.1, 0.15) is 5.75 Å². The molecule has 0 saturated carbocycles. The molecule has 158 valence electrons. The minimum absolute atomic E-state index is 0.460. The standard InChI is InChI=1S/C28H35OP/c1-5-7-14-19-29-28-23(4)27(22(3)20-24(28)6-2)21-30(25-15-10-8-11-16-25)26-17-12-9-13-18-26/h8-13,15-18,20H,5-7,14,19,21H2,1-4H3. The van der Waals surface area contributed by atoms with E-state index < -0.39 is 7.92 Å². The molecule has 1 nitrogen and oxygen atoms in total. The molecule has 3 aromatic carbocycles. The van der Waals surface area contributed by atoms with Crippen LogP contribution in [-0.4, -0.2) is 6.61 Å². The second-order valence-corrected chi connectivity index (χ2v) is 10.2. The maximum Gasteiger partial charge on any atom is 0.125 e. The molecule has 0 radical (unpaired) electrons. The molecule has 0 fully saturated rings. The van der Waals surface area contributed by atoms with Crippen molar-refractivity contribution in [2.75, 3.05) is 6.61 Å². The molecular formula is C28H35OP. The number of hydrogen-bond acceptors (Lipinski definition) is 1. The lowest BCUT2D eigenvalue weighted by Crippen LogP contribution is -2.14. The van der Waals surface area contributed by atoms with Gasteiger partial charge in [-0.1, -0.05) is 93.4 Å². The Bertz CT molecular complexity index is 879. The minimum atomic E-state index is -0.460. The average molecular weight is 419 g/mol. The quantitative estimate of drug-likeness (QED) is 0.253. The summed E-state index contributed by atoms with van der Waals surface area (Å²) in [5.74, 6) is 1.13. The van der Waals surface area contributed by atoms with Gasteiger partial charge in [-0.05, 0) is 67.5 Å². The third kappa shape index (κ3) is 5.52.